The number of imidazole rings is 1. The molecule has 19 heavy (non-hydrogen) atoms. The highest BCUT2D eigenvalue weighted by atomic mass is 19.4. The standard InChI is InChI=1S/C11H15F3N4O/c12-11(13,14)10-17-7-6-16-4-3-8(7)18(10)5-1-2-9(15)19/h16H,1-6H2,(H2,15,19). The van der Waals surface area contributed by atoms with Crippen molar-refractivity contribution in [2.45, 2.75) is 38.5 Å². The van der Waals surface area contributed by atoms with Crippen LogP contribution in [0.1, 0.15) is 30.1 Å². The predicted molar refractivity (Wildman–Crippen MR) is 61.1 cm³/mol. The minimum atomic E-state index is -4.48. The van der Waals surface area contributed by atoms with Gasteiger partial charge >= 0.3 is 6.18 Å². The molecular weight excluding hydrogens is 261 g/mol. The van der Waals surface area contributed by atoms with Crippen LogP contribution in [0.15, 0.2) is 0 Å². The molecule has 0 radical (unpaired) electrons. The van der Waals surface area contributed by atoms with Gasteiger partial charge in [0.25, 0.3) is 0 Å². The van der Waals surface area contributed by atoms with Crippen molar-refractivity contribution >= 4 is 5.91 Å². The van der Waals surface area contributed by atoms with Crippen molar-refractivity contribution in [2.75, 3.05) is 6.54 Å². The number of rotatable bonds is 4. The summed E-state index contributed by atoms with van der Waals surface area (Å²) in [5.41, 5.74) is 6.05. The fraction of sp³-hybridized carbons (Fsp3) is 0.636. The molecular formula is C11H15F3N4O. The molecule has 1 aliphatic rings. The smallest absolute Gasteiger partial charge is 0.370 e. The lowest BCUT2D eigenvalue weighted by Gasteiger charge is -2.16. The molecule has 1 amide bonds. The van der Waals surface area contributed by atoms with Crippen molar-refractivity contribution in [1.29, 1.82) is 0 Å². The lowest BCUT2D eigenvalue weighted by molar-refractivity contribution is -0.147. The van der Waals surface area contributed by atoms with E-state index in [0.717, 1.165) is 0 Å². The number of alkyl halides is 3. The van der Waals surface area contributed by atoms with E-state index < -0.39 is 17.9 Å². The minimum absolute atomic E-state index is 0.0719. The number of hydrogen-bond donors (Lipinski definition) is 2. The van der Waals surface area contributed by atoms with Crippen LogP contribution in [0.5, 0.6) is 0 Å². The molecule has 8 heteroatoms. The van der Waals surface area contributed by atoms with Gasteiger partial charge in [0.2, 0.25) is 11.7 Å². The molecule has 1 aromatic rings. The fourth-order valence-corrected chi connectivity index (χ4v) is 2.24. The molecule has 0 aromatic carbocycles. The van der Waals surface area contributed by atoms with E-state index in [2.05, 4.69) is 10.3 Å². The Hall–Kier alpha value is -1.57. The summed E-state index contributed by atoms with van der Waals surface area (Å²) in [4.78, 5) is 14.3. The van der Waals surface area contributed by atoms with Gasteiger partial charge in [-0.05, 0) is 6.42 Å². The van der Waals surface area contributed by atoms with E-state index in [1.54, 1.807) is 0 Å². The molecule has 106 valence electrons. The van der Waals surface area contributed by atoms with Crippen molar-refractivity contribution in [2.24, 2.45) is 5.73 Å². The zero-order chi connectivity index (χ0) is 14.0. The normalized spacial score (nSPS) is 15.3. The van der Waals surface area contributed by atoms with Gasteiger partial charge in [0, 0.05) is 38.2 Å². The Morgan fingerprint density at radius 2 is 2.21 bits per heavy atom. The first-order valence-corrected chi connectivity index (χ1v) is 6.04. The van der Waals surface area contributed by atoms with E-state index >= 15 is 0 Å². The van der Waals surface area contributed by atoms with Crippen molar-refractivity contribution in [3.63, 3.8) is 0 Å². The number of carbonyl (C=O) groups is 1. The summed E-state index contributed by atoms with van der Waals surface area (Å²) in [5, 5.41) is 2.99. The van der Waals surface area contributed by atoms with Crippen LogP contribution in [0, 0.1) is 0 Å². The van der Waals surface area contributed by atoms with Crippen LogP contribution < -0.4 is 11.1 Å². The second-order valence-corrected chi connectivity index (χ2v) is 4.47. The van der Waals surface area contributed by atoms with Gasteiger partial charge in [-0.25, -0.2) is 4.98 Å². The lowest BCUT2D eigenvalue weighted by Crippen LogP contribution is -2.25. The number of nitrogens with zero attached hydrogens (tertiary/aromatic N) is 2. The van der Waals surface area contributed by atoms with Crippen molar-refractivity contribution in [3.8, 4) is 0 Å². The summed E-state index contributed by atoms with van der Waals surface area (Å²) in [6.45, 7) is 1.09. The summed E-state index contributed by atoms with van der Waals surface area (Å²) in [6.07, 6.45) is -3.61. The molecule has 0 saturated heterocycles. The van der Waals surface area contributed by atoms with Gasteiger partial charge in [-0.3, -0.25) is 4.79 Å². The van der Waals surface area contributed by atoms with E-state index in [1.807, 2.05) is 0 Å². The zero-order valence-corrected chi connectivity index (χ0v) is 10.3. The molecule has 0 spiro atoms. The van der Waals surface area contributed by atoms with Crippen LogP contribution in [0.25, 0.3) is 0 Å². The molecule has 0 fully saturated rings. The van der Waals surface area contributed by atoms with E-state index in [9.17, 15) is 18.0 Å². The average molecular weight is 276 g/mol. The maximum Gasteiger partial charge on any atom is 0.449 e. The Morgan fingerprint density at radius 1 is 1.47 bits per heavy atom. The summed E-state index contributed by atoms with van der Waals surface area (Å²) < 4.78 is 40.0. The number of hydrogen-bond acceptors (Lipinski definition) is 3. The van der Waals surface area contributed by atoms with Crippen LogP contribution in [0.4, 0.5) is 13.2 Å². The van der Waals surface area contributed by atoms with Crippen molar-refractivity contribution in [3.05, 3.63) is 17.2 Å². The van der Waals surface area contributed by atoms with Gasteiger partial charge in [0.15, 0.2) is 0 Å². The van der Waals surface area contributed by atoms with Gasteiger partial charge in [-0.1, -0.05) is 0 Å². The summed E-state index contributed by atoms with van der Waals surface area (Å²) in [6, 6.07) is 0. The second-order valence-electron chi connectivity index (χ2n) is 4.47. The van der Waals surface area contributed by atoms with Gasteiger partial charge in [-0.2, -0.15) is 13.2 Å². The third-order valence-electron chi connectivity index (χ3n) is 3.04. The molecule has 2 rings (SSSR count). The van der Waals surface area contributed by atoms with Crippen LogP contribution in [-0.2, 0) is 30.5 Å². The molecule has 0 atom stereocenters. The molecule has 5 nitrogen and oxygen atoms in total. The fourth-order valence-electron chi connectivity index (χ4n) is 2.24. The zero-order valence-electron chi connectivity index (χ0n) is 10.3. The van der Waals surface area contributed by atoms with E-state index in [4.69, 9.17) is 5.73 Å². The number of primary amides is 1. The van der Waals surface area contributed by atoms with Crippen molar-refractivity contribution < 1.29 is 18.0 Å². The van der Waals surface area contributed by atoms with Gasteiger partial charge in [0.05, 0.1) is 5.69 Å². The third kappa shape index (κ3) is 3.06. The Kier molecular flexibility index (Phi) is 3.79. The van der Waals surface area contributed by atoms with Crippen LogP contribution in [-0.4, -0.2) is 22.0 Å². The molecule has 0 unspecified atom stereocenters. The lowest BCUT2D eigenvalue weighted by atomic mass is 10.2. The molecule has 2 heterocycles. The van der Waals surface area contributed by atoms with Gasteiger partial charge in [0.1, 0.15) is 0 Å². The van der Waals surface area contributed by atoms with E-state index in [0.29, 0.717) is 30.9 Å². The second kappa shape index (κ2) is 5.20. The SMILES string of the molecule is NC(=O)CCCn1c(C(F)(F)F)nc2c1CCNC2. The van der Waals surface area contributed by atoms with E-state index in [-0.39, 0.29) is 19.4 Å². The summed E-state index contributed by atoms with van der Waals surface area (Å²) in [7, 11) is 0. The molecule has 0 aliphatic carbocycles. The first-order chi connectivity index (χ1) is 8.89. The number of fused-ring (bicyclic) bond motifs is 1. The maximum absolute atomic E-state index is 12.9. The number of nitrogens with one attached hydrogen (secondary N) is 1. The minimum Gasteiger partial charge on any atom is -0.370 e. The summed E-state index contributed by atoms with van der Waals surface area (Å²) in [5.74, 6) is -1.39. The molecule has 3 N–H and O–H groups in total. The number of nitrogens with two attached hydrogens (primary N) is 1. The molecule has 1 aromatic heterocycles. The maximum atomic E-state index is 12.9. The first-order valence-electron chi connectivity index (χ1n) is 6.04. The van der Waals surface area contributed by atoms with Crippen LogP contribution in [0.3, 0.4) is 0 Å². The van der Waals surface area contributed by atoms with Crippen molar-refractivity contribution in [1.82, 2.24) is 14.9 Å². The average Bonchev–Trinajstić information content (AvgIpc) is 2.68. The highest BCUT2D eigenvalue weighted by molar-refractivity contribution is 5.73. The Morgan fingerprint density at radius 3 is 2.84 bits per heavy atom. The number of halogens is 3. The quantitative estimate of drug-likeness (QED) is 0.855. The Bertz CT molecular complexity index is 481. The van der Waals surface area contributed by atoms with Crippen LogP contribution in [0.2, 0.25) is 0 Å². The molecule has 0 bridgehead atoms. The first kappa shape index (κ1) is 13.9. The molecule has 0 saturated carbocycles. The Labute approximate surface area is 108 Å². The third-order valence-corrected chi connectivity index (χ3v) is 3.04. The highest BCUT2D eigenvalue weighted by Gasteiger charge is 2.38. The topological polar surface area (TPSA) is 72.9 Å². The number of amides is 1. The highest BCUT2D eigenvalue weighted by Crippen LogP contribution is 2.31. The number of carbonyl (C=O) groups excluding carboxylic acids is 1. The van der Waals surface area contributed by atoms with Gasteiger partial charge < -0.3 is 15.6 Å². The van der Waals surface area contributed by atoms with E-state index in [1.165, 1.54) is 4.57 Å². The predicted octanol–water partition coefficient (Wildman–Crippen LogP) is 0.813. The molecule has 1 aliphatic heterocycles. The monoisotopic (exact) mass is 276 g/mol. The Balaban J connectivity index is 2.27. The summed E-state index contributed by atoms with van der Waals surface area (Å²) >= 11 is 0. The van der Waals surface area contributed by atoms with Crippen LogP contribution >= 0.6 is 0 Å². The van der Waals surface area contributed by atoms with Gasteiger partial charge in [-0.15, -0.1) is 0 Å². The number of aromatic nitrogens is 2. The largest absolute Gasteiger partial charge is 0.449 e.